The van der Waals surface area contributed by atoms with Crippen LogP contribution < -0.4 is 0 Å². The van der Waals surface area contributed by atoms with Gasteiger partial charge in [-0.2, -0.15) is 0 Å². The van der Waals surface area contributed by atoms with Crippen molar-refractivity contribution in [3.63, 3.8) is 0 Å². The first-order chi connectivity index (χ1) is 29.0. The van der Waals surface area contributed by atoms with Gasteiger partial charge >= 0.3 is 37.7 Å². The fourth-order valence-corrected chi connectivity index (χ4v) is 9.49. The second-order valence-electron chi connectivity index (χ2n) is 17.7. The minimum atomic E-state index is -4.35. The van der Waals surface area contributed by atoms with Gasteiger partial charge in [0.25, 0.3) is 0 Å². The van der Waals surface area contributed by atoms with E-state index in [4.69, 9.17) is 0 Å². The predicted octanol–water partition coefficient (Wildman–Crippen LogP) is 16.3. The van der Waals surface area contributed by atoms with Gasteiger partial charge in [0.15, 0.2) is 0 Å². The molecule has 0 spiro atoms. The van der Waals surface area contributed by atoms with Gasteiger partial charge in [-0.05, 0) is 72.9 Å². The minimum absolute atomic E-state index is 0. The Bertz CT molecular complexity index is 1370. The van der Waals surface area contributed by atoms with Crippen molar-refractivity contribution in [1.82, 2.24) is 0 Å². The van der Waals surface area contributed by atoms with Crippen molar-refractivity contribution >= 4 is 58.0 Å². The number of hydrogen-bond donors (Lipinski definition) is 0. The van der Waals surface area contributed by atoms with Crippen molar-refractivity contribution in [3.05, 3.63) is 59.7 Å². The van der Waals surface area contributed by atoms with E-state index in [-0.39, 0.29) is 47.5 Å². The Hall–Kier alpha value is -0.480. The molecule has 0 saturated heterocycles. The van der Waals surface area contributed by atoms with Crippen LogP contribution >= 0.6 is 0 Å². The summed E-state index contributed by atoms with van der Waals surface area (Å²) in [4.78, 5) is -0.263. The Morgan fingerprint density at radius 1 is 0.344 bits per heavy atom. The summed E-state index contributed by atoms with van der Waals surface area (Å²) in [6.45, 7) is 8.90. The number of rotatable bonds is 38. The van der Waals surface area contributed by atoms with Crippen molar-refractivity contribution in [2.45, 2.75) is 268 Å². The van der Waals surface area contributed by atoms with E-state index in [1.165, 1.54) is 217 Å². The molecule has 0 heterocycles. The first kappa shape index (κ1) is 60.5. The van der Waals surface area contributed by atoms with E-state index in [2.05, 4.69) is 27.7 Å². The first-order valence-electron chi connectivity index (χ1n) is 25.1. The summed E-state index contributed by atoms with van der Waals surface area (Å²) in [7, 11) is -8.69. The number of unbranched alkanes of at least 4 members (excludes halogenated alkanes) is 28. The van der Waals surface area contributed by atoms with E-state index in [9.17, 15) is 25.9 Å². The van der Waals surface area contributed by atoms with Crippen molar-refractivity contribution in [1.29, 1.82) is 0 Å². The second-order valence-corrected chi connectivity index (χ2v) is 20.5. The van der Waals surface area contributed by atoms with E-state index < -0.39 is 20.2 Å². The first-order valence-corrected chi connectivity index (χ1v) is 27.9. The maximum Gasteiger partial charge on any atom is 2.00 e. The summed E-state index contributed by atoms with van der Waals surface area (Å²) >= 11 is 0. The van der Waals surface area contributed by atoms with Gasteiger partial charge in [0, 0.05) is 0 Å². The molecule has 0 aliphatic rings. The van der Waals surface area contributed by atoms with Crippen LogP contribution in [-0.4, -0.2) is 63.7 Å². The average Bonchev–Trinajstić information content (AvgIpc) is 3.23. The molecule has 0 aromatic heterocycles. The second kappa shape index (κ2) is 39.8. The summed E-state index contributed by atoms with van der Waals surface area (Å²) in [5.74, 6) is 0.908. The van der Waals surface area contributed by atoms with Gasteiger partial charge in [-0.25, -0.2) is 16.8 Å². The van der Waals surface area contributed by atoms with E-state index in [1.807, 2.05) is 24.3 Å². The Morgan fingerprint density at radius 2 is 0.541 bits per heavy atom. The molecule has 0 N–H and O–H groups in total. The zero-order valence-electron chi connectivity index (χ0n) is 39.8. The van der Waals surface area contributed by atoms with Crippen LogP contribution in [0.3, 0.4) is 0 Å². The normalized spacial score (nSPS) is 12.7. The zero-order chi connectivity index (χ0) is 44.2. The van der Waals surface area contributed by atoms with Gasteiger partial charge in [0.2, 0.25) is 0 Å². The molecule has 0 aliphatic carbocycles. The molecule has 0 bridgehead atoms. The summed E-state index contributed by atoms with van der Waals surface area (Å²) in [5.41, 5.74) is 2.30. The smallest absolute Gasteiger partial charge is 0.744 e. The Kier molecular flexibility index (Phi) is 39.5. The van der Waals surface area contributed by atoms with Crippen LogP contribution in [0.15, 0.2) is 58.3 Å². The molecule has 0 amide bonds. The number of hydrogen-bond acceptors (Lipinski definition) is 6. The van der Waals surface area contributed by atoms with Gasteiger partial charge in [0.1, 0.15) is 20.2 Å². The SMILES string of the molecule is CCCCCCCCCCCCCCCCCC(CC)c1ccc(S(=O)(=O)[O-])cc1.CCCCCCCCCCCCCCCCCC(CC)c1ccc(S(=O)(=O)[O-])cc1.[Ca+2]. The Morgan fingerprint density at radius 3 is 0.721 bits per heavy atom. The molecule has 2 aromatic rings. The van der Waals surface area contributed by atoms with Crippen LogP contribution in [0.25, 0.3) is 0 Å². The molecular weight excluding hydrogens is 825 g/mol. The van der Waals surface area contributed by atoms with Crippen LogP contribution in [0.2, 0.25) is 0 Å². The molecule has 9 heteroatoms. The summed E-state index contributed by atoms with van der Waals surface area (Å²) in [6, 6.07) is 13.0. The maximum atomic E-state index is 11.1. The molecule has 0 aliphatic heterocycles. The van der Waals surface area contributed by atoms with E-state index in [0.717, 1.165) is 36.8 Å². The molecule has 2 unspecified atom stereocenters. The van der Waals surface area contributed by atoms with Crippen molar-refractivity contribution in [2.75, 3.05) is 0 Å². The third-order valence-electron chi connectivity index (χ3n) is 12.6. The Balaban J connectivity index is 0.00000116. The molecule has 0 fully saturated rings. The largest absolute Gasteiger partial charge is 2.00 e. The summed E-state index contributed by atoms with van der Waals surface area (Å²) in [5, 5.41) is 0. The maximum absolute atomic E-state index is 11.1. The van der Waals surface area contributed by atoms with Crippen LogP contribution in [0.5, 0.6) is 0 Å². The number of benzene rings is 2. The molecule has 348 valence electrons. The van der Waals surface area contributed by atoms with E-state index >= 15 is 0 Å². The molecule has 2 atom stereocenters. The van der Waals surface area contributed by atoms with Crippen molar-refractivity contribution < 1.29 is 25.9 Å². The van der Waals surface area contributed by atoms with Gasteiger partial charge < -0.3 is 9.11 Å². The fraction of sp³-hybridized carbons (Fsp3) is 0.769. The monoisotopic (exact) mass is 915 g/mol. The standard InChI is InChI=1S/2C26H46O3S.Ca/c2*1-3-5-6-7-8-9-10-11-12-13-14-15-16-17-18-19-24(4-2)25-20-22-26(23-21-25)30(27,28)29;/h2*20-24H,3-19H2,1-2H3,(H,27,28,29);/q;;+2/p-2. The fourth-order valence-electron chi connectivity index (χ4n) is 8.55. The third-order valence-corrected chi connectivity index (χ3v) is 14.3. The van der Waals surface area contributed by atoms with Gasteiger partial charge in [-0.3, -0.25) is 0 Å². The molecule has 0 saturated carbocycles. The molecule has 2 aromatic carbocycles. The third kappa shape index (κ3) is 32.8. The van der Waals surface area contributed by atoms with Crippen LogP contribution in [0.1, 0.15) is 269 Å². The molecule has 61 heavy (non-hydrogen) atoms. The molecular formula is C52H90CaO6S2. The van der Waals surface area contributed by atoms with Gasteiger partial charge in [-0.15, -0.1) is 0 Å². The zero-order valence-corrected chi connectivity index (χ0v) is 43.6. The van der Waals surface area contributed by atoms with Crippen molar-refractivity contribution in [3.8, 4) is 0 Å². The minimum Gasteiger partial charge on any atom is -0.744 e. The van der Waals surface area contributed by atoms with Gasteiger partial charge in [0.05, 0.1) is 9.79 Å². The average molecular weight is 915 g/mol. The molecule has 6 nitrogen and oxygen atoms in total. The Labute approximate surface area is 407 Å². The predicted molar refractivity (Wildman–Crippen MR) is 260 cm³/mol. The quantitative estimate of drug-likeness (QED) is 0.0376. The van der Waals surface area contributed by atoms with Gasteiger partial charge in [-0.1, -0.05) is 245 Å². The van der Waals surface area contributed by atoms with Crippen LogP contribution in [-0.2, 0) is 20.2 Å². The van der Waals surface area contributed by atoms with Crippen molar-refractivity contribution in [2.24, 2.45) is 0 Å². The van der Waals surface area contributed by atoms with E-state index in [1.54, 1.807) is 0 Å². The van der Waals surface area contributed by atoms with E-state index in [0.29, 0.717) is 11.8 Å². The summed E-state index contributed by atoms with van der Waals surface area (Å²) < 4.78 is 66.3. The topological polar surface area (TPSA) is 114 Å². The molecule has 2 rings (SSSR count). The summed E-state index contributed by atoms with van der Waals surface area (Å²) in [6.07, 6.45) is 45.6. The molecule has 0 radical (unpaired) electrons. The van der Waals surface area contributed by atoms with Crippen LogP contribution in [0, 0.1) is 0 Å². The van der Waals surface area contributed by atoms with Crippen LogP contribution in [0.4, 0.5) is 0 Å².